The van der Waals surface area contributed by atoms with E-state index in [1.54, 1.807) is 11.3 Å². The van der Waals surface area contributed by atoms with Gasteiger partial charge in [0.1, 0.15) is 0 Å². The Kier molecular flexibility index (Phi) is 6.80. The van der Waals surface area contributed by atoms with E-state index in [-0.39, 0.29) is 11.8 Å². The van der Waals surface area contributed by atoms with Crippen LogP contribution < -0.4 is 5.32 Å². The number of morpholine rings is 1. The van der Waals surface area contributed by atoms with E-state index in [2.05, 4.69) is 15.3 Å². The van der Waals surface area contributed by atoms with Crippen LogP contribution in [0.2, 0.25) is 0 Å². The number of fused-ring (bicyclic) bond motifs is 2. The van der Waals surface area contributed by atoms with E-state index >= 15 is 0 Å². The molecule has 0 bridgehead atoms. The molecule has 0 unspecified atom stereocenters. The number of aromatic nitrogens is 2. The number of ether oxygens (including phenoxy) is 1. The fraction of sp³-hybridized carbons (Fsp3) is 0.625. The van der Waals surface area contributed by atoms with E-state index in [0.717, 1.165) is 81.8 Å². The van der Waals surface area contributed by atoms with Crippen LogP contribution in [0, 0.1) is 0 Å². The van der Waals surface area contributed by atoms with Crippen LogP contribution in [0.25, 0.3) is 0 Å². The van der Waals surface area contributed by atoms with E-state index < -0.39 is 0 Å². The van der Waals surface area contributed by atoms with Gasteiger partial charge >= 0.3 is 0 Å². The molecule has 0 saturated carbocycles. The van der Waals surface area contributed by atoms with Crippen molar-refractivity contribution in [3.8, 4) is 0 Å². The lowest BCUT2D eigenvalue weighted by atomic mass is 9.95. The number of nitrogens with one attached hydrogen (secondary N) is 1. The van der Waals surface area contributed by atoms with Gasteiger partial charge in [-0.15, -0.1) is 11.3 Å². The maximum Gasteiger partial charge on any atom is 0.272 e. The molecule has 2 aromatic heterocycles. The van der Waals surface area contributed by atoms with E-state index in [1.165, 1.54) is 16.9 Å². The zero-order valence-corrected chi connectivity index (χ0v) is 20.2. The maximum atomic E-state index is 13.4. The van der Waals surface area contributed by atoms with Crippen LogP contribution in [0.1, 0.15) is 61.8 Å². The molecule has 1 saturated heterocycles. The normalized spacial score (nSPS) is 18.6. The summed E-state index contributed by atoms with van der Waals surface area (Å²) in [4.78, 5) is 32.0. The fourth-order valence-electron chi connectivity index (χ4n) is 5.20. The molecule has 1 N–H and O–H groups in total. The third-order valence-corrected chi connectivity index (χ3v) is 8.17. The fourth-order valence-corrected chi connectivity index (χ4v) is 6.32. The Bertz CT molecular complexity index is 1020. The molecule has 1 aliphatic carbocycles. The first-order valence-electron chi connectivity index (χ1n) is 12.1. The van der Waals surface area contributed by atoms with Crippen molar-refractivity contribution in [2.24, 2.45) is 7.05 Å². The molecule has 1 fully saturated rings. The second kappa shape index (κ2) is 9.95. The highest BCUT2D eigenvalue weighted by molar-refractivity contribution is 7.10. The van der Waals surface area contributed by atoms with E-state index in [0.29, 0.717) is 25.3 Å². The molecule has 178 valence electrons. The van der Waals surface area contributed by atoms with Gasteiger partial charge in [-0.3, -0.25) is 19.2 Å². The molecular formula is C24H33N5O3S. The molecular weight excluding hydrogens is 438 g/mol. The van der Waals surface area contributed by atoms with Gasteiger partial charge in [0.25, 0.3) is 11.8 Å². The highest BCUT2D eigenvalue weighted by Crippen LogP contribution is 2.32. The van der Waals surface area contributed by atoms with Crippen molar-refractivity contribution in [1.29, 1.82) is 0 Å². The van der Waals surface area contributed by atoms with Crippen LogP contribution in [0.4, 0.5) is 0 Å². The predicted molar refractivity (Wildman–Crippen MR) is 127 cm³/mol. The number of rotatable bonds is 6. The van der Waals surface area contributed by atoms with Crippen molar-refractivity contribution in [3.63, 3.8) is 0 Å². The molecule has 5 rings (SSSR count). The highest BCUT2D eigenvalue weighted by atomic mass is 32.1. The third kappa shape index (κ3) is 4.72. The highest BCUT2D eigenvalue weighted by Gasteiger charge is 2.31. The first-order valence-corrected chi connectivity index (χ1v) is 13.0. The summed E-state index contributed by atoms with van der Waals surface area (Å²) in [6.07, 6.45) is 6.09. The van der Waals surface area contributed by atoms with Gasteiger partial charge in [0.15, 0.2) is 5.69 Å². The third-order valence-electron chi connectivity index (χ3n) is 7.08. The monoisotopic (exact) mass is 471 g/mol. The molecule has 4 heterocycles. The maximum absolute atomic E-state index is 13.4. The summed E-state index contributed by atoms with van der Waals surface area (Å²) in [5.41, 5.74) is 4.54. The van der Waals surface area contributed by atoms with Crippen molar-refractivity contribution in [2.45, 2.75) is 45.1 Å². The first-order chi connectivity index (χ1) is 16.1. The number of nitrogens with zero attached hydrogens (tertiary/aromatic N) is 4. The molecule has 3 aliphatic rings. The zero-order valence-electron chi connectivity index (χ0n) is 19.4. The molecule has 2 amide bonds. The molecule has 0 spiro atoms. The second-order valence-electron chi connectivity index (χ2n) is 9.20. The van der Waals surface area contributed by atoms with Gasteiger partial charge in [-0.05, 0) is 44.2 Å². The Morgan fingerprint density at radius 1 is 1.12 bits per heavy atom. The Labute approximate surface area is 198 Å². The van der Waals surface area contributed by atoms with Gasteiger partial charge in [-0.2, -0.15) is 5.10 Å². The Hall–Kier alpha value is -2.23. The SMILES string of the molecule is Cn1nc(C(=O)NCCCN2CCOCC2)c2c1CCN(C(=O)c1csc3c1CCCC3)C2. The van der Waals surface area contributed by atoms with Crippen LogP contribution >= 0.6 is 11.3 Å². The Morgan fingerprint density at radius 3 is 2.79 bits per heavy atom. The minimum absolute atomic E-state index is 0.0979. The minimum Gasteiger partial charge on any atom is -0.379 e. The number of thiophene rings is 1. The number of aryl methyl sites for hydroxylation is 2. The summed E-state index contributed by atoms with van der Waals surface area (Å²) in [6, 6.07) is 0. The van der Waals surface area contributed by atoms with Gasteiger partial charge in [-0.1, -0.05) is 0 Å². The summed E-state index contributed by atoms with van der Waals surface area (Å²) >= 11 is 1.73. The average molecular weight is 472 g/mol. The number of carbonyl (C=O) groups excluding carboxylic acids is 2. The van der Waals surface area contributed by atoms with Crippen molar-refractivity contribution >= 4 is 23.2 Å². The molecule has 2 aliphatic heterocycles. The van der Waals surface area contributed by atoms with Crippen LogP contribution in [0.5, 0.6) is 0 Å². The molecule has 2 aromatic rings. The van der Waals surface area contributed by atoms with Gasteiger partial charge in [-0.25, -0.2) is 0 Å². The predicted octanol–water partition coefficient (Wildman–Crippen LogP) is 2.01. The second-order valence-corrected chi connectivity index (χ2v) is 10.2. The summed E-state index contributed by atoms with van der Waals surface area (Å²) in [5.74, 6) is -0.0446. The summed E-state index contributed by atoms with van der Waals surface area (Å²) in [5, 5.41) is 9.61. The van der Waals surface area contributed by atoms with E-state index in [9.17, 15) is 9.59 Å². The van der Waals surface area contributed by atoms with E-state index in [4.69, 9.17) is 4.74 Å². The molecule has 0 radical (unpaired) electrons. The smallest absolute Gasteiger partial charge is 0.272 e. The van der Waals surface area contributed by atoms with E-state index in [1.807, 2.05) is 22.0 Å². The van der Waals surface area contributed by atoms with Crippen molar-refractivity contribution in [1.82, 2.24) is 24.9 Å². The lowest BCUT2D eigenvalue weighted by Crippen LogP contribution is -2.38. The number of hydrogen-bond acceptors (Lipinski definition) is 6. The molecule has 0 aromatic carbocycles. The van der Waals surface area contributed by atoms with Crippen LogP contribution in [-0.2, 0) is 37.6 Å². The largest absolute Gasteiger partial charge is 0.379 e. The molecule has 0 atom stereocenters. The summed E-state index contributed by atoms with van der Waals surface area (Å²) in [6.45, 7) is 6.17. The van der Waals surface area contributed by atoms with Gasteiger partial charge in [0.05, 0.1) is 25.3 Å². The first kappa shape index (κ1) is 22.6. The van der Waals surface area contributed by atoms with Crippen LogP contribution in [-0.4, -0.2) is 77.3 Å². The van der Waals surface area contributed by atoms with Crippen molar-refractivity contribution in [2.75, 3.05) is 45.9 Å². The summed E-state index contributed by atoms with van der Waals surface area (Å²) in [7, 11) is 1.89. The Morgan fingerprint density at radius 2 is 1.94 bits per heavy atom. The van der Waals surface area contributed by atoms with Gasteiger partial charge in [0.2, 0.25) is 0 Å². The van der Waals surface area contributed by atoms with Crippen LogP contribution in [0.15, 0.2) is 5.38 Å². The standard InChI is InChI=1S/C24H33N5O3S/c1-27-20-7-10-29(24(31)19-16-33-21-6-3-2-5-17(19)21)15-18(20)22(26-27)23(30)25-8-4-9-28-11-13-32-14-12-28/h16H,2-15H2,1H3,(H,25,30). The van der Waals surface area contributed by atoms with Crippen molar-refractivity contribution in [3.05, 3.63) is 38.3 Å². The molecule has 33 heavy (non-hydrogen) atoms. The summed E-state index contributed by atoms with van der Waals surface area (Å²) < 4.78 is 7.20. The van der Waals surface area contributed by atoms with Gasteiger partial charge < -0.3 is 15.0 Å². The number of amides is 2. The number of hydrogen-bond donors (Lipinski definition) is 1. The lowest BCUT2D eigenvalue weighted by molar-refractivity contribution is 0.0374. The topological polar surface area (TPSA) is 79.7 Å². The number of carbonyl (C=O) groups is 2. The zero-order chi connectivity index (χ0) is 22.8. The molecule has 8 nitrogen and oxygen atoms in total. The lowest BCUT2D eigenvalue weighted by Gasteiger charge is -2.28. The van der Waals surface area contributed by atoms with Gasteiger partial charge in [0, 0.05) is 61.2 Å². The minimum atomic E-state index is -0.143. The average Bonchev–Trinajstić information content (AvgIpc) is 3.43. The molecule has 9 heteroatoms. The van der Waals surface area contributed by atoms with Crippen molar-refractivity contribution < 1.29 is 14.3 Å². The quantitative estimate of drug-likeness (QED) is 0.652. The van der Waals surface area contributed by atoms with Crippen LogP contribution in [0.3, 0.4) is 0 Å². The Balaban J connectivity index is 1.23.